The second-order valence-electron chi connectivity index (χ2n) is 6.59. The van der Waals surface area contributed by atoms with Crippen molar-refractivity contribution < 1.29 is 8.42 Å². The molecule has 0 unspecified atom stereocenters. The van der Waals surface area contributed by atoms with Gasteiger partial charge in [0.2, 0.25) is 10.0 Å². The highest BCUT2D eigenvalue weighted by molar-refractivity contribution is 7.89. The van der Waals surface area contributed by atoms with Crippen molar-refractivity contribution in [1.29, 1.82) is 0 Å². The Bertz CT molecular complexity index is 1070. The van der Waals surface area contributed by atoms with Crippen LogP contribution in [0.1, 0.15) is 13.8 Å². The molecule has 0 saturated heterocycles. The van der Waals surface area contributed by atoms with Crippen LogP contribution in [0.25, 0.3) is 10.9 Å². The molecule has 2 N–H and O–H groups in total. The number of hydrogen-bond donors (Lipinski definition) is 2. The highest BCUT2D eigenvalue weighted by Gasteiger charge is 2.14. The molecule has 3 rings (SSSR count). The molecule has 1 heterocycles. The number of nitrogens with one attached hydrogen (secondary N) is 2. The summed E-state index contributed by atoms with van der Waals surface area (Å²) in [5, 5.41) is 4.88. The van der Waals surface area contributed by atoms with Gasteiger partial charge in [0, 0.05) is 41.1 Å². The van der Waals surface area contributed by atoms with Gasteiger partial charge in [-0.25, -0.2) is 13.1 Å². The predicted octanol–water partition coefficient (Wildman–Crippen LogP) is 4.25. The molecule has 29 heavy (non-hydrogen) atoms. The Labute approximate surface area is 177 Å². The maximum Gasteiger partial charge on any atom is 0.240 e. The van der Waals surface area contributed by atoms with Crippen LogP contribution in [0, 0.1) is 0 Å². The number of sulfonamides is 1. The van der Waals surface area contributed by atoms with Crippen molar-refractivity contribution in [2.45, 2.75) is 18.7 Å². The van der Waals surface area contributed by atoms with E-state index in [4.69, 9.17) is 11.6 Å². The monoisotopic (exact) mass is 432 g/mol. The van der Waals surface area contributed by atoms with E-state index in [0.717, 1.165) is 35.4 Å². The number of rotatable bonds is 9. The molecule has 0 radical (unpaired) electrons. The molecule has 0 aliphatic heterocycles. The molecule has 3 aromatic rings. The molecule has 0 spiro atoms. The summed E-state index contributed by atoms with van der Waals surface area (Å²) >= 11 is 6.04. The van der Waals surface area contributed by atoms with Gasteiger partial charge in [-0.05, 0) is 61.6 Å². The van der Waals surface area contributed by atoms with Gasteiger partial charge in [0.15, 0.2) is 0 Å². The molecule has 0 amide bonds. The molecular formula is C21H25ClN4O2S. The van der Waals surface area contributed by atoms with Crippen molar-refractivity contribution >= 4 is 43.9 Å². The van der Waals surface area contributed by atoms with Gasteiger partial charge in [-0.3, -0.25) is 4.98 Å². The smallest absolute Gasteiger partial charge is 0.240 e. The number of benzene rings is 2. The van der Waals surface area contributed by atoms with Crippen LogP contribution in [-0.2, 0) is 10.0 Å². The summed E-state index contributed by atoms with van der Waals surface area (Å²) in [5.74, 6) is 0. The maximum absolute atomic E-state index is 12.5. The van der Waals surface area contributed by atoms with Gasteiger partial charge in [-0.1, -0.05) is 25.4 Å². The highest BCUT2D eigenvalue weighted by Crippen LogP contribution is 2.27. The number of hydrogen-bond acceptors (Lipinski definition) is 5. The first-order valence-electron chi connectivity index (χ1n) is 9.56. The summed E-state index contributed by atoms with van der Waals surface area (Å²) in [5.41, 5.74) is 2.45. The molecule has 0 bridgehead atoms. The number of aromatic nitrogens is 1. The minimum absolute atomic E-state index is 0.244. The van der Waals surface area contributed by atoms with Gasteiger partial charge >= 0.3 is 0 Å². The average molecular weight is 433 g/mol. The van der Waals surface area contributed by atoms with Crippen LogP contribution < -0.4 is 10.0 Å². The lowest BCUT2D eigenvalue weighted by atomic mass is 10.2. The van der Waals surface area contributed by atoms with E-state index in [1.807, 2.05) is 24.3 Å². The molecule has 0 aliphatic carbocycles. The van der Waals surface area contributed by atoms with Crippen LogP contribution in [0.5, 0.6) is 0 Å². The van der Waals surface area contributed by atoms with Crippen LogP contribution in [0.4, 0.5) is 11.4 Å². The van der Waals surface area contributed by atoms with E-state index < -0.39 is 10.0 Å². The molecule has 0 atom stereocenters. The summed E-state index contributed by atoms with van der Waals surface area (Å²) in [7, 11) is -3.53. The quantitative estimate of drug-likeness (QED) is 0.528. The van der Waals surface area contributed by atoms with Gasteiger partial charge in [0.1, 0.15) is 0 Å². The summed E-state index contributed by atoms with van der Waals surface area (Å²) in [4.78, 5) is 6.74. The standard InChI is InChI=1S/C21H25ClN4O2S/c1-3-26(4-2)14-13-24-29(27,28)18-8-6-17(7-9-18)25-20-11-12-23-21-15-16(22)5-10-19(20)21/h5-12,15,24H,3-4,13-14H2,1-2H3,(H,23,25). The predicted molar refractivity (Wildman–Crippen MR) is 119 cm³/mol. The Morgan fingerprint density at radius 2 is 1.76 bits per heavy atom. The zero-order valence-corrected chi connectivity index (χ0v) is 18.1. The Morgan fingerprint density at radius 1 is 1.03 bits per heavy atom. The Kier molecular flexibility index (Phi) is 7.08. The molecule has 0 aliphatic rings. The van der Waals surface area contributed by atoms with E-state index in [0.29, 0.717) is 18.1 Å². The van der Waals surface area contributed by atoms with Crippen LogP contribution in [0.2, 0.25) is 5.02 Å². The maximum atomic E-state index is 12.5. The van der Waals surface area contributed by atoms with Gasteiger partial charge in [0.25, 0.3) is 0 Å². The zero-order valence-electron chi connectivity index (χ0n) is 16.5. The fourth-order valence-corrected chi connectivity index (χ4v) is 4.25. The number of pyridine rings is 1. The Morgan fingerprint density at radius 3 is 2.45 bits per heavy atom. The molecular weight excluding hydrogens is 408 g/mol. The van der Waals surface area contributed by atoms with E-state index in [9.17, 15) is 8.42 Å². The molecule has 154 valence electrons. The summed E-state index contributed by atoms with van der Waals surface area (Å²) in [6.45, 7) is 6.98. The highest BCUT2D eigenvalue weighted by atomic mass is 35.5. The zero-order chi connectivity index (χ0) is 20.9. The Balaban J connectivity index is 1.70. The van der Waals surface area contributed by atoms with Crippen molar-refractivity contribution in [3.8, 4) is 0 Å². The van der Waals surface area contributed by atoms with Crippen molar-refractivity contribution in [2.75, 3.05) is 31.5 Å². The summed E-state index contributed by atoms with van der Waals surface area (Å²) in [6, 6.07) is 14.1. The topological polar surface area (TPSA) is 74.3 Å². The SMILES string of the molecule is CCN(CC)CCNS(=O)(=O)c1ccc(Nc2ccnc3cc(Cl)ccc23)cc1. The van der Waals surface area contributed by atoms with Gasteiger partial charge in [0.05, 0.1) is 10.4 Å². The molecule has 1 aromatic heterocycles. The molecule has 0 saturated carbocycles. The lowest BCUT2D eigenvalue weighted by Crippen LogP contribution is -2.34. The van der Waals surface area contributed by atoms with Gasteiger partial charge in [-0.2, -0.15) is 0 Å². The van der Waals surface area contributed by atoms with Gasteiger partial charge < -0.3 is 10.2 Å². The number of nitrogens with zero attached hydrogens (tertiary/aromatic N) is 2. The number of fused-ring (bicyclic) bond motifs is 1. The normalized spacial score (nSPS) is 11.9. The van der Waals surface area contributed by atoms with Crippen LogP contribution >= 0.6 is 11.6 Å². The van der Waals surface area contributed by atoms with E-state index in [1.54, 1.807) is 30.5 Å². The molecule has 0 fully saturated rings. The van der Waals surface area contributed by atoms with E-state index in [2.05, 4.69) is 33.8 Å². The molecule has 6 nitrogen and oxygen atoms in total. The average Bonchev–Trinajstić information content (AvgIpc) is 2.71. The minimum Gasteiger partial charge on any atom is -0.355 e. The van der Waals surface area contributed by atoms with Crippen molar-refractivity contribution in [1.82, 2.24) is 14.6 Å². The first-order valence-corrected chi connectivity index (χ1v) is 11.4. The van der Waals surface area contributed by atoms with Crippen LogP contribution in [0.3, 0.4) is 0 Å². The first kappa shape index (κ1) is 21.5. The van der Waals surface area contributed by atoms with E-state index >= 15 is 0 Å². The number of halogens is 1. The fourth-order valence-electron chi connectivity index (χ4n) is 3.06. The van der Waals surface area contributed by atoms with E-state index in [1.165, 1.54) is 0 Å². The van der Waals surface area contributed by atoms with Crippen LogP contribution in [-0.4, -0.2) is 44.5 Å². The second kappa shape index (κ2) is 9.54. The second-order valence-corrected chi connectivity index (χ2v) is 8.80. The number of anilines is 2. The minimum atomic E-state index is -3.53. The van der Waals surface area contributed by atoms with Crippen LogP contribution in [0.15, 0.2) is 59.6 Å². The third-order valence-corrected chi connectivity index (χ3v) is 6.47. The summed E-state index contributed by atoms with van der Waals surface area (Å²) < 4.78 is 27.7. The lowest BCUT2D eigenvalue weighted by molar-refractivity contribution is 0.309. The largest absolute Gasteiger partial charge is 0.355 e. The summed E-state index contributed by atoms with van der Waals surface area (Å²) in [6.07, 6.45) is 1.71. The third-order valence-electron chi connectivity index (χ3n) is 4.76. The fraction of sp³-hybridized carbons (Fsp3) is 0.286. The lowest BCUT2D eigenvalue weighted by Gasteiger charge is -2.18. The van der Waals surface area contributed by atoms with E-state index in [-0.39, 0.29) is 4.90 Å². The van der Waals surface area contributed by atoms with Gasteiger partial charge in [-0.15, -0.1) is 0 Å². The third kappa shape index (κ3) is 5.45. The van der Waals surface area contributed by atoms with Crippen molar-refractivity contribution in [3.63, 3.8) is 0 Å². The first-order chi connectivity index (χ1) is 13.9. The Hall–Kier alpha value is -2.19. The molecule has 8 heteroatoms. The van der Waals surface area contributed by atoms with Crippen molar-refractivity contribution in [2.24, 2.45) is 0 Å². The van der Waals surface area contributed by atoms with Crippen molar-refractivity contribution in [3.05, 3.63) is 59.8 Å². The number of likely N-dealkylation sites (N-methyl/N-ethyl adjacent to an activating group) is 1. The molecule has 2 aromatic carbocycles.